The summed E-state index contributed by atoms with van der Waals surface area (Å²) in [6, 6.07) is 5.63. The van der Waals surface area contributed by atoms with Crippen LogP contribution in [0.25, 0.3) is 0 Å². The Bertz CT molecular complexity index is 615. The Labute approximate surface area is 133 Å². The maximum atomic E-state index is 12.9. The number of carbonyl (C=O) groups is 1. The van der Waals surface area contributed by atoms with Gasteiger partial charge in [-0.1, -0.05) is 0 Å². The monoisotopic (exact) mass is 319 g/mol. The van der Waals surface area contributed by atoms with Gasteiger partial charge in [0.1, 0.15) is 5.82 Å². The van der Waals surface area contributed by atoms with Gasteiger partial charge < -0.3 is 10.2 Å². The SMILES string of the molecule is O=C(NCC1CCCN(c2nccs2)C1)c1ccc(F)cc1. The standard InChI is InChI=1S/C16H18FN3OS/c17-14-5-3-13(4-6-14)15(21)19-10-12-2-1-8-20(11-12)16-18-7-9-22-16/h3-7,9,12H,1-2,8,10-11H2,(H,19,21). The third-order valence-corrected chi connectivity index (χ3v) is 4.70. The summed E-state index contributed by atoms with van der Waals surface area (Å²) in [5, 5.41) is 5.98. The number of halogens is 1. The van der Waals surface area contributed by atoms with E-state index in [2.05, 4.69) is 15.2 Å². The van der Waals surface area contributed by atoms with E-state index in [1.165, 1.54) is 24.3 Å². The van der Waals surface area contributed by atoms with Crippen LogP contribution in [0, 0.1) is 11.7 Å². The predicted octanol–water partition coefficient (Wildman–Crippen LogP) is 2.93. The van der Waals surface area contributed by atoms with E-state index in [0.717, 1.165) is 31.1 Å². The van der Waals surface area contributed by atoms with Crippen LogP contribution in [-0.4, -0.2) is 30.5 Å². The molecule has 1 amide bonds. The highest BCUT2D eigenvalue weighted by molar-refractivity contribution is 7.13. The van der Waals surface area contributed by atoms with Gasteiger partial charge in [-0.2, -0.15) is 0 Å². The second-order valence-corrected chi connectivity index (χ2v) is 6.36. The molecule has 1 unspecified atom stereocenters. The summed E-state index contributed by atoms with van der Waals surface area (Å²) in [7, 11) is 0. The maximum absolute atomic E-state index is 12.9. The van der Waals surface area contributed by atoms with Crippen LogP contribution in [0.3, 0.4) is 0 Å². The van der Waals surface area contributed by atoms with Gasteiger partial charge in [-0.15, -0.1) is 11.3 Å². The van der Waals surface area contributed by atoms with Crippen LogP contribution in [0.5, 0.6) is 0 Å². The number of nitrogens with one attached hydrogen (secondary N) is 1. The fourth-order valence-electron chi connectivity index (χ4n) is 2.72. The Morgan fingerprint density at radius 2 is 2.23 bits per heavy atom. The van der Waals surface area contributed by atoms with Crippen molar-refractivity contribution in [3.63, 3.8) is 0 Å². The summed E-state index contributed by atoms with van der Waals surface area (Å²) in [6.45, 7) is 2.57. The Balaban J connectivity index is 1.52. The van der Waals surface area contributed by atoms with Gasteiger partial charge >= 0.3 is 0 Å². The number of hydrogen-bond donors (Lipinski definition) is 1. The lowest BCUT2D eigenvalue weighted by Crippen LogP contribution is -2.41. The lowest BCUT2D eigenvalue weighted by atomic mass is 9.98. The summed E-state index contributed by atoms with van der Waals surface area (Å²) in [6.07, 6.45) is 4.03. The van der Waals surface area contributed by atoms with E-state index in [1.807, 2.05) is 11.6 Å². The molecule has 0 saturated carbocycles. The van der Waals surface area contributed by atoms with E-state index in [1.54, 1.807) is 11.3 Å². The molecule has 2 heterocycles. The van der Waals surface area contributed by atoms with Crippen LogP contribution in [0.2, 0.25) is 0 Å². The molecule has 1 atom stereocenters. The number of nitrogens with zero attached hydrogens (tertiary/aromatic N) is 2. The zero-order valence-electron chi connectivity index (χ0n) is 12.2. The molecule has 1 aromatic heterocycles. The normalized spacial score (nSPS) is 18.2. The van der Waals surface area contributed by atoms with Gasteiger partial charge in [0.15, 0.2) is 5.13 Å². The van der Waals surface area contributed by atoms with Gasteiger partial charge in [0.05, 0.1) is 0 Å². The first-order valence-corrected chi connectivity index (χ1v) is 8.28. The molecule has 116 valence electrons. The van der Waals surface area contributed by atoms with Crippen LogP contribution in [0.4, 0.5) is 9.52 Å². The highest BCUT2D eigenvalue weighted by Crippen LogP contribution is 2.24. The van der Waals surface area contributed by atoms with Gasteiger partial charge in [0, 0.05) is 36.8 Å². The molecule has 6 heteroatoms. The molecule has 1 aliphatic heterocycles. The Morgan fingerprint density at radius 3 is 2.95 bits per heavy atom. The van der Waals surface area contributed by atoms with E-state index < -0.39 is 0 Å². The number of benzene rings is 1. The number of aromatic nitrogens is 1. The van der Waals surface area contributed by atoms with Gasteiger partial charge in [-0.05, 0) is 43.0 Å². The number of amides is 1. The van der Waals surface area contributed by atoms with Crippen molar-refractivity contribution in [1.82, 2.24) is 10.3 Å². The zero-order chi connectivity index (χ0) is 15.4. The molecule has 3 rings (SSSR count). The lowest BCUT2D eigenvalue weighted by Gasteiger charge is -2.32. The summed E-state index contributed by atoms with van der Waals surface area (Å²) >= 11 is 1.65. The van der Waals surface area contributed by atoms with Crippen LogP contribution < -0.4 is 10.2 Å². The second-order valence-electron chi connectivity index (χ2n) is 5.49. The average Bonchev–Trinajstić information content (AvgIpc) is 3.08. The first-order valence-electron chi connectivity index (χ1n) is 7.40. The third kappa shape index (κ3) is 3.62. The van der Waals surface area contributed by atoms with Gasteiger partial charge in [0.2, 0.25) is 0 Å². The molecule has 4 nitrogen and oxygen atoms in total. The minimum atomic E-state index is -0.331. The number of anilines is 1. The second kappa shape index (κ2) is 6.87. The summed E-state index contributed by atoms with van der Waals surface area (Å²) in [4.78, 5) is 18.7. The minimum Gasteiger partial charge on any atom is -0.352 e. The van der Waals surface area contributed by atoms with Crippen molar-refractivity contribution in [1.29, 1.82) is 0 Å². The highest BCUT2D eigenvalue weighted by Gasteiger charge is 2.22. The topological polar surface area (TPSA) is 45.2 Å². The summed E-state index contributed by atoms with van der Waals surface area (Å²) in [5.74, 6) is -0.0589. The summed E-state index contributed by atoms with van der Waals surface area (Å²) in [5.41, 5.74) is 0.494. The Kier molecular flexibility index (Phi) is 4.68. The molecule has 0 aliphatic carbocycles. The molecule has 0 bridgehead atoms. The molecule has 1 saturated heterocycles. The van der Waals surface area contributed by atoms with E-state index in [0.29, 0.717) is 18.0 Å². The number of hydrogen-bond acceptors (Lipinski definition) is 4. The van der Waals surface area contributed by atoms with E-state index in [4.69, 9.17) is 0 Å². The van der Waals surface area contributed by atoms with Crippen molar-refractivity contribution < 1.29 is 9.18 Å². The molecule has 0 spiro atoms. The zero-order valence-corrected chi connectivity index (χ0v) is 13.0. The molecule has 0 radical (unpaired) electrons. The largest absolute Gasteiger partial charge is 0.352 e. The Hall–Kier alpha value is -1.95. The first kappa shape index (κ1) is 15.0. The quantitative estimate of drug-likeness (QED) is 0.942. The summed E-state index contributed by atoms with van der Waals surface area (Å²) < 4.78 is 12.9. The van der Waals surface area contributed by atoms with Crippen molar-refractivity contribution in [2.45, 2.75) is 12.8 Å². The maximum Gasteiger partial charge on any atom is 0.251 e. The number of piperidine rings is 1. The molecule has 2 aromatic rings. The van der Waals surface area contributed by atoms with Crippen LogP contribution in [0.15, 0.2) is 35.8 Å². The molecule has 1 N–H and O–H groups in total. The molecular formula is C16H18FN3OS. The van der Waals surface area contributed by atoms with Crippen molar-refractivity contribution in [3.8, 4) is 0 Å². The van der Waals surface area contributed by atoms with E-state index in [-0.39, 0.29) is 11.7 Å². The van der Waals surface area contributed by atoms with Crippen LogP contribution >= 0.6 is 11.3 Å². The lowest BCUT2D eigenvalue weighted by molar-refractivity contribution is 0.0945. The van der Waals surface area contributed by atoms with Gasteiger partial charge in [-0.25, -0.2) is 9.37 Å². The van der Waals surface area contributed by atoms with Crippen molar-refractivity contribution >= 4 is 22.4 Å². The molecule has 1 aromatic carbocycles. The molecule has 1 aliphatic rings. The first-order chi connectivity index (χ1) is 10.7. The number of thiazole rings is 1. The Morgan fingerprint density at radius 1 is 1.41 bits per heavy atom. The van der Waals surface area contributed by atoms with Crippen molar-refractivity contribution in [2.75, 3.05) is 24.5 Å². The smallest absolute Gasteiger partial charge is 0.251 e. The molecular weight excluding hydrogens is 301 g/mol. The van der Waals surface area contributed by atoms with Crippen LogP contribution in [-0.2, 0) is 0 Å². The number of rotatable bonds is 4. The fourth-order valence-corrected chi connectivity index (χ4v) is 3.40. The van der Waals surface area contributed by atoms with E-state index in [9.17, 15) is 9.18 Å². The van der Waals surface area contributed by atoms with E-state index >= 15 is 0 Å². The molecule has 22 heavy (non-hydrogen) atoms. The molecule has 1 fully saturated rings. The van der Waals surface area contributed by atoms with Crippen molar-refractivity contribution in [2.24, 2.45) is 5.92 Å². The average molecular weight is 319 g/mol. The van der Waals surface area contributed by atoms with Gasteiger partial charge in [-0.3, -0.25) is 4.79 Å². The highest BCUT2D eigenvalue weighted by atomic mass is 32.1. The third-order valence-electron chi connectivity index (χ3n) is 3.87. The van der Waals surface area contributed by atoms with Gasteiger partial charge in [0.25, 0.3) is 5.91 Å². The van der Waals surface area contributed by atoms with Crippen molar-refractivity contribution in [3.05, 3.63) is 47.2 Å². The predicted molar refractivity (Wildman–Crippen MR) is 85.8 cm³/mol. The fraction of sp³-hybridized carbons (Fsp3) is 0.375. The van der Waals surface area contributed by atoms with Crippen LogP contribution in [0.1, 0.15) is 23.2 Å². The number of carbonyl (C=O) groups excluding carboxylic acids is 1. The minimum absolute atomic E-state index is 0.147.